The molecule has 26 heavy (non-hydrogen) atoms. The molecule has 0 unspecified atom stereocenters. The van der Waals surface area contributed by atoms with Crippen LogP contribution in [0.15, 0.2) is 30.3 Å². The van der Waals surface area contributed by atoms with Crippen LogP contribution in [0.25, 0.3) is 22.2 Å². The Morgan fingerprint density at radius 1 is 1.00 bits per heavy atom. The Morgan fingerprint density at radius 3 is 2.35 bits per heavy atom. The van der Waals surface area contributed by atoms with E-state index in [1.165, 1.54) is 46.1 Å². The van der Waals surface area contributed by atoms with E-state index >= 15 is 0 Å². The third-order valence-electron chi connectivity index (χ3n) is 5.62. The van der Waals surface area contributed by atoms with Crippen LogP contribution < -0.4 is 5.32 Å². The molecule has 3 aromatic rings. The topological polar surface area (TPSA) is 40.7 Å². The molecule has 0 spiro atoms. The summed E-state index contributed by atoms with van der Waals surface area (Å²) in [6.07, 6.45) is 2.48. The quantitative estimate of drug-likeness (QED) is 0.662. The van der Waals surface area contributed by atoms with Crippen molar-refractivity contribution in [2.45, 2.75) is 52.4 Å². The summed E-state index contributed by atoms with van der Waals surface area (Å²) in [5.41, 5.74) is 8.82. The average molecular weight is 348 g/mol. The van der Waals surface area contributed by atoms with Gasteiger partial charge in [0.15, 0.2) is 0 Å². The van der Waals surface area contributed by atoms with Gasteiger partial charge in [0.1, 0.15) is 0 Å². The predicted octanol–water partition coefficient (Wildman–Crippen LogP) is 5.44. The molecular formula is C23H29N3. The number of pyridine rings is 1. The van der Waals surface area contributed by atoms with Crippen molar-refractivity contribution in [3.8, 4) is 11.3 Å². The fraction of sp³-hybridized carbons (Fsp3) is 0.435. The third-order valence-corrected chi connectivity index (χ3v) is 5.62. The molecule has 1 fully saturated rings. The minimum Gasteiger partial charge on any atom is -0.354 e. The van der Waals surface area contributed by atoms with Gasteiger partial charge in [-0.15, -0.1) is 0 Å². The Labute approximate surface area is 156 Å². The summed E-state index contributed by atoms with van der Waals surface area (Å²) >= 11 is 0. The Morgan fingerprint density at radius 2 is 1.69 bits per heavy atom. The van der Waals surface area contributed by atoms with Crippen molar-refractivity contribution in [3.05, 3.63) is 52.8 Å². The summed E-state index contributed by atoms with van der Waals surface area (Å²) in [5.74, 6) is 1.15. The lowest BCUT2D eigenvalue weighted by Gasteiger charge is -2.23. The first kappa shape index (κ1) is 17.3. The fourth-order valence-electron chi connectivity index (χ4n) is 4.45. The van der Waals surface area contributed by atoms with E-state index in [2.05, 4.69) is 73.3 Å². The Hall–Kier alpha value is -2.13. The van der Waals surface area contributed by atoms with E-state index < -0.39 is 0 Å². The summed E-state index contributed by atoms with van der Waals surface area (Å²) in [7, 11) is 0. The summed E-state index contributed by atoms with van der Waals surface area (Å²) in [5, 5.41) is 4.86. The maximum Gasteiger partial charge on any atom is 0.0501 e. The molecule has 1 aliphatic rings. The van der Waals surface area contributed by atoms with E-state index in [1.54, 1.807) is 0 Å². The van der Waals surface area contributed by atoms with Crippen molar-refractivity contribution in [2.24, 2.45) is 0 Å². The zero-order valence-corrected chi connectivity index (χ0v) is 16.3. The second kappa shape index (κ2) is 6.88. The number of hydrogen-bond donors (Lipinski definition) is 2. The van der Waals surface area contributed by atoms with Gasteiger partial charge in [-0.05, 0) is 87.0 Å². The molecule has 3 heterocycles. The van der Waals surface area contributed by atoms with Crippen LogP contribution in [0.4, 0.5) is 0 Å². The van der Waals surface area contributed by atoms with Crippen LogP contribution in [-0.4, -0.2) is 23.1 Å². The lowest BCUT2D eigenvalue weighted by Crippen LogP contribution is -2.26. The van der Waals surface area contributed by atoms with Crippen molar-refractivity contribution in [1.82, 2.24) is 15.3 Å². The number of benzene rings is 1. The van der Waals surface area contributed by atoms with Gasteiger partial charge in [-0.25, -0.2) is 0 Å². The number of nitrogens with zero attached hydrogens (tertiary/aromatic N) is 1. The molecular weight excluding hydrogens is 318 g/mol. The molecule has 0 amide bonds. The van der Waals surface area contributed by atoms with Crippen LogP contribution in [-0.2, 0) is 0 Å². The van der Waals surface area contributed by atoms with Crippen molar-refractivity contribution < 1.29 is 0 Å². The van der Waals surface area contributed by atoms with Crippen molar-refractivity contribution in [2.75, 3.05) is 13.1 Å². The van der Waals surface area contributed by atoms with Crippen molar-refractivity contribution in [3.63, 3.8) is 0 Å². The van der Waals surface area contributed by atoms with E-state index in [4.69, 9.17) is 0 Å². The van der Waals surface area contributed by atoms with Gasteiger partial charge in [0.05, 0.1) is 5.69 Å². The minimum atomic E-state index is 0.468. The highest BCUT2D eigenvalue weighted by atomic mass is 14.9. The standard InChI is InChI=1S/C23H29N3/c1-14(2)22-20-13-18(17-7-9-24-10-8-17)5-6-21(20)26-23(22)19-11-15(3)25-16(4)12-19/h5-6,11-14,17,24,26H,7-10H2,1-4H3. The van der Waals surface area contributed by atoms with Crippen LogP contribution in [0, 0.1) is 13.8 Å². The molecule has 0 atom stereocenters. The van der Waals surface area contributed by atoms with E-state index in [9.17, 15) is 0 Å². The number of nitrogens with one attached hydrogen (secondary N) is 2. The summed E-state index contributed by atoms with van der Waals surface area (Å²) in [4.78, 5) is 8.25. The van der Waals surface area contributed by atoms with Gasteiger partial charge in [-0.2, -0.15) is 0 Å². The monoisotopic (exact) mass is 347 g/mol. The number of hydrogen-bond acceptors (Lipinski definition) is 2. The highest BCUT2D eigenvalue weighted by Gasteiger charge is 2.20. The molecule has 136 valence electrons. The van der Waals surface area contributed by atoms with Gasteiger partial charge in [0.25, 0.3) is 0 Å². The third kappa shape index (κ3) is 3.16. The second-order valence-corrected chi connectivity index (χ2v) is 8.04. The second-order valence-electron chi connectivity index (χ2n) is 8.04. The molecule has 2 N–H and O–H groups in total. The van der Waals surface area contributed by atoms with E-state index in [1.807, 2.05) is 0 Å². The molecule has 0 bridgehead atoms. The van der Waals surface area contributed by atoms with Gasteiger partial charge in [-0.3, -0.25) is 4.98 Å². The molecule has 2 aromatic heterocycles. The van der Waals surface area contributed by atoms with Crippen LogP contribution >= 0.6 is 0 Å². The van der Waals surface area contributed by atoms with Gasteiger partial charge in [0, 0.05) is 27.9 Å². The molecule has 0 aliphatic carbocycles. The largest absolute Gasteiger partial charge is 0.354 e. The first-order valence-electron chi connectivity index (χ1n) is 9.85. The molecule has 4 rings (SSSR count). The Kier molecular flexibility index (Phi) is 4.58. The van der Waals surface area contributed by atoms with Crippen LogP contribution in [0.1, 0.15) is 61.0 Å². The molecule has 1 aromatic carbocycles. The lowest BCUT2D eigenvalue weighted by molar-refractivity contribution is 0.460. The highest BCUT2D eigenvalue weighted by Crippen LogP contribution is 2.38. The maximum absolute atomic E-state index is 4.54. The van der Waals surface area contributed by atoms with Crippen molar-refractivity contribution >= 4 is 10.9 Å². The molecule has 3 nitrogen and oxygen atoms in total. The number of H-pyrrole nitrogens is 1. The number of rotatable bonds is 3. The first-order valence-corrected chi connectivity index (χ1v) is 9.85. The van der Waals surface area contributed by atoms with Crippen molar-refractivity contribution in [1.29, 1.82) is 0 Å². The normalized spacial score (nSPS) is 15.9. The fourth-order valence-corrected chi connectivity index (χ4v) is 4.45. The van der Waals surface area contributed by atoms with Gasteiger partial charge >= 0.3 is 0 Å². The predicted molar refractivity (Wildman–Crippen MR) is 110 cm³/mol. The van der Waals surface area contributed by atoms with Crippen LogP contribution in [0.2, 0.25) is 0 Å². The molecule has 1 aliphatic heterocycles. The van der Waals surface area contributed by atoms with Crippen LogP contribution in [0.5, 0.6) is 0 Å². The summed E-state index contributed by atoms with van der Waals surface area (Å²) in [6, 6.07) is 11.4. The SMILES string of the molecule is Cc1cc(-c2[nH]c3ccc(C4CCNCC4)cc3c2C(C)C)cc(C)n1. The van der Waals surface area contributed by atoms with Crippen LogP contribution in [0.3, 0.4) is 0 Å². The number of piperidine rings is 1. The summed E-state index contributed by atoms with van der Waals surface area (Å²) in [6.45, 7) is 11.0. The Bertz CT molecular complexity index is 910. The zero-order chi connectivity index (χ0) is 18.3. The van der Waals surface area contributed by atoms with E-state index in [-0.39, 0.29) is 0 Å². The van der Waals surface area contributed by atoms with E-state index in [0.717, 1.165) is 24.5 Å². The average Bonchev–Trinajstić information content (AvgIpc) is 3.00. The molecule has 0 saturated carbocycles. The van der Waals surface area contributed by atoms with Gasteiger partial charge in [0.2, 0.25) is 0 Å². The number of fused-ring (bicyclic) bond motifs is 1. The smallest absolute Gasteiger partial charge is 0.0501 e. The lowest BCUT2D eigenvalue weighted by atomic mass is 9.88. The molecule has 3 heteroatoms. The minimum absolute atomic E-state index is 0.468. The number of aromatic amines is 1. The molecule has 1 saturated heterocycles. The molecule has 0 radical (unpaired) electrons. The zero-order valence-electron chi connectivity index (χ0n) is 16.3. The number of aromatic nitrogens is 2. The first-order chi connectivity index (χ1) is 12.5. The number of aryl methyl sites for hydroxylation is 2. The van der Waals surface area contributed by atoms with E-state index in [0.29, 0.717) is 11.8 Å². The highest BCUT2D eigenvalue weighted by molar-refractivity contribution is 5.92. The van der Waals surface area contributed by atoms with Gasteiger partial charge in [-0.1, -0.05) is 19.9 Å². The Balaban J connectivity index is 1.87. The summed E-state index contributed by atoms with van der Waals surface area (Å²) < 4.78 is 0. The van der Waals surface area contributed by atoms with Gasteiger partial charge < -0.3 is 10.3 Å². The maximum atomic E-state index is 4.54.